The van der Waals surface area contributed by atoms with E-state index in [1.165, 1.54) is 16.7 Å². The van der Waals surface area contributed by atoms with E-state index in [1.807, 2.05) is 0 Å². The highest BCUT2D eigenvalue weighted by molar-refractivity contribution is 9.11. The molecular formula is C17H19Br2N. The van der Waals surface area contributed by atoms with Crippen LogP contribution in [0, 0.1) is 6.92 Å². The lowest BCUT2D eigenvalue weighted by molar-refractivity contribution is 0.548. The van der Waals surface area contributed by atoms with Crippen LogP contribution in [0.4, 0.5) is 0 Å². The summed E-state index contributed by atoms with van der Waals surface area (Å²) in [6, 6.07) is 15.4. The SMILES string of the molecule is CCNC(Cc1ccccc1C)c1cc(Br)cc(Br)c1. The Balaban J connectivity index is 2.29. The van der Waals surface area contributed by atoms with Crippen LogP contribution in [0.25, 0.3) is 0 Å². The number of halogens is 2. The molecule has 0 fully saturated rings. The number of nitrogens with one attached hydrogen (secondary N) is 1. The molecule has 0 aliphatic carbocycles. The molecule has 0 saturated heterocycles. The minimum atomic E-state index is 0.329. The smallest absolute Gasteiger partial charge is 0.0361 e. The van der Waals surface area contributed by atoms with Gasteiger partial charge in [0, 0.05) is 15.0 Å². The maximum absolute atomic E-state index is 3.59. The lowest BCUT2D eigenvalue weighted by Crippen LogP contribution is -2.23. The van der Waals surface area contributed by atoms with Crippen LogP contribution in [0.1, 0.15) is 29.7 Å². The van der Waals surface area contributed by atoms with Crippen molar-refractivity contribution in [3.8, 4) is 0 Å². The Morgan fingerprint density at radius 1 is 1.05 bits per heavy atom. The molecule has 1 unspecified atom stereocenters. The molecule has 0 amide bonds. The monoisotopic (exact) mass is 395 g/mol. The van der Waals surface area contributed by atoms with Gasteiger partial charge in [-0.2, -0.15) is 0 Å². The van der Waals surface area contributed by atoms with Crippen LogP contribution in [0.2, 0.25) is 0 Å². The summed E-state index contributed by atoms with van der Waals surface area (Å²) < 4.78 is 2.21. The molecular weight excluding hydrogens is 378 g/mol. The molecule has 3 heteroatoms. The molecule has 0 aliphatic rings. The molecule has 106 valence electrons. The Hall–Kier alpha value is -0.640. The van der Waals surface area contributed by atoms with Crippen molar-refractivity contribution in [2.45, 2.75) is 26.3 Å². The third kappa shape index (κ3) is 4.18. The van der Waals surface area contributed by atoms with Crippen molar-refractivity contribution in [2.75, 3.05) is 6.54 Å². The van der Waals surface area contributed by atoms with E-state index in [2.05, 4.69) is 93.5 Å². The molecule has 2 aromatic rings. The Morgan fingerprint density at radius 3 is 2.30 bits per heavy atom. The van der Waals surface area contributed by atoms with Gasteiger partial charge in [-0.25, -0.2) is 0 Å². The standard InChI is InChI=1S/C17H19Br2N/c1-3-20-17(10-13-7-5-4-6-12(13)2)14-8-15(18)11-16(19)9-14/h4-9,11,17,20H,3,10H2,1-2H3. The summed E-state index contributed by atoms with van der Waals surface area (Å²) in [7, 11) is 0. The van der Waals surface area contributed by atoms with Gasteiger partial charge >= 0.3 is 0 Å². The Bertz CT molecular complexity index is 561. The second kappa shape index (κ2) is 7.39. The van der Waals surface area contributed by atoms with Crippen LogP contribution < -0.4 is 5.32 Å². The number of hydrogen-bond acceptors (Lipinski definition) is 1. The fraction of sp³-hybridized carbons (Fsp3) is 0.294. The largest absolute Gasteiger partial charge is 0.310 e. The maximum atomic E-state index is 3.59. The number of benzene rings is 2. The summed E-state index contributed by atoms with van der Waals surface area (Å²) in [5.41, 5.74) is 4.05. The van der Waals surface area contributed by atoms with Gasteiger partial charge in [0.25, 0.3) is 0 Å². The second-order valence-electron chi connectivity index (χ2n) is 4.94. The minimum absolute atomic E-state index is 0.329. The third-order valence-corrected chi connectivity index (χ3v) is 4.34. The molecule has 0 aromatic heterocycles. The van der Waals surface area contributed by atoms with Gasteiger partial charge in [-0.15, -0.1) is 0 Å². The van der Waals surface area contributed by atoms with Crippen LogP contribution in [-0.4, -0.2) is 6.54 Å². The first-order chi connectivity index (χ1) is 9.60. The van der Waals surface area contributed by atoms with Crippen LogP contribution in [0.3, 0.4) is 0 Å². The average Bonchev–Trinajstić information content (AvgIpc) is 2.39. The summed E-state index contributed by atoms with van der Waals surface area (Å²) in [5.74, 6) is 0. The highest BCUT2D eigenvalue weighted by Crippen LogP contribution is 2.27. The second-order valence-corrected chi connectivity index (χ2v) is 6.78. The predicted octanol–water partition coefficient (Wildman–Crippen LogP) is 5.41. The maximum Gasteiger partial charge on any atom is 0.0361 e. The van der Waals surface area contributed by atoms with E-state index >= 15 is 0 Å². The molecule has 0 heterocycles. The zero-order chi connectivity index (χ0) is 14.5. The highest BCUT2D eigenvalue weighted by atomic mass is 79.9. The van der Waals surface area contributed by atoms with Crippen LogP contribution in [0.15, 0.2) is 51.4 Å². The molecule has 1 N–H and O–H groups in total. The highest BCUT2D eigenvalue weighted by Gasteiger charge is 2.13. The van der Waals surface area contributed by atoms with E-state index in [1.54, 1.807) is 0 Å². The molecule has 0 bridgehead atoms. The van der Waals surface area contributed by atoms with Gasteiger partial charge in [-0.1, -0.05) is 63.0 Å². The van der Waals surface area contributed by atoms with Crippen molar-refractivity contribution in [3.05, 3.63) is 68.1 Å². The molecule has 2 aromatic carbocycles. The number of hydrogen-bond donors (Lipinski definition) is 1. The van der Waals surface area contributed by atoms with Crippen molar-refractivity contribution >= 4 is 31.9 Å². The van der Waals surface area contributed by atoms with E-state index in [0.717, 1.165) is 21.9 Å². The molecule has 20 heavy (non-hydrogen) atoms. The van der Waals surface area contributed by atoms with Gasteiger partial charge in [-0.3, -0.25) is 0 Å². The predicted molar refractivity (Wildman–Crippen MR) is 93.1 cm³/mol. The lowest BCUT2D eigenvalue weighted by Gasteiger charge is -2.20. The topological polar surface area (TPSA) is 12.0 Å². The number of rotatable bonds is 5. The van der Waals surface area contributed by atoms with E-state index in [9.17, 15) is 0 Å². The van der Waals surface area contributed by atoms with Gasteiger partial charge in [0.05, 0.1) is 0 Å². The van der Waals surface area contributed by atoms with Crippen LogP contribution >= 0.6 is 31.9 Å². The molecule has 0 saturated carbocycles. The Labute approximate surface area is 138 Å². The van der Waals surface area contributed by atoms with Crippen molar-refractivity contribution < 1.29 is 0 Å². The first kappa shape index (κ1) is 15.7. The number of aryl methyl sites for hydroxylation is 1. The van der Waals surface area contributed by atoms with Crippen molar-refractivity contribution in [3.63, 3.8) is 0 Å². The zero-order valence-electron chi connectivity index (χ0n) is 11.8. The van der Waals surface area contributed by atoms with Crippen molar-refractivity contribution in [2.24, 2.45) is 0 Å². The quantitative estimate of drug-likeness (QED) is 0.711. The first-order valence-corrected chi connectivity index (χ1v) is 8.42. The van der Waals surface area contributed by atoms with Crippen LogP contribution in [-0.2, 0) is 6.42 Å². The zero-order valence-corrected chi connectivity index (χ0v) is 15.0. The average molecular weight is 397 g/mol. The lowest BCUT2D eigenvalue weighted by atomic mass is 9.96. The normalized spacial score (nSPS) is 12.4. The van der Waals surface area contributed by atoms with E-state index in [0.29, 0.717) is 6.04 Å². The van der Waals surface area contributed by atoms with Gasteiger partial charge < -0.3 is 5.32 Å². The molecule has 0 radical (unpaired) electrons. The van der Waals surface area contributed by atoms with Gasteiger partial charge in [-0.05, 0) is 54.8 Å². The molecule has 0 spiro atoms. The third-order valence-electron chi connectivity index (χ3n) is 3.42. The molecule has 1 atom stereocenters. The molecule has 0 aliphatic heterocycles. The van der Waals surface area contributed by atoms with Gasteiger partial charge in [0.1, 0.15) is 0 Å². The van der Waals surface area contributed by atoms with E-state index < -0.39 is 0 Å². The van der Waals surface area contributed by atoms with Crippen molar-refractivity contribution in [1.29, 1.82) is 0 Å². The summed E-state index contributed by atoms with van der Waals surface area (Å²) in [6.07, 6.45) is 1.00. The molecule has 2 rings (SSSR count). The summed E-state index contributed by atoms with van der Waals surface area (Å²) >= 11 is 7.15. The van der Waals surface area contributed by atoms with E-state index in [-0.39, 0.29) is 0 Å². The van der Waals surface area contributed by atoms with Gasteiger partial charge in [0.15, 0.2) is 0 Å². The van der Waals surface area contributed by atoms with Crippen molar-refractivity contribution in [1.82, 2.24) is 5.32 Å². The number of likely N-dealkylation sites (N-methyl/N-ethyl adjacent to an activating group) is 1. The summed E-state index contributed by atoms with van der Waals surface area (Å²) in [6.45, 7) is 5.29. The first-order valence-electron chi connectivity index (χ1n) is 6.84. The fourth-order valence-corrected chi connectivity index (χ4v) is 3.72. The minimum Gasteiger partial charge on any atom is -0.310 e. The summed E-state index contributed by atoms with van der Waals surface area (Å²) in [5, 5.41) is 3.59. The Kier molecular flexibility index (Phi) is 5.82. The summed E-state index contributed by atoms with van der Waals surface area (Å²) in [4.78, 5) is 0. The van der Waals surface area contributed by atoms with E-state index in [4.69, 9.17) is 0 Å². The van der Waals surface area contributed by atoms with Gasteiger partial charge in [0.2, 0.25) is 0 Å². The Morgan fingerprint density at radius 2 is 1.70 bits per heavy atom. The van der Waals surface area contributed by atoms with Crippen LogP contribution in [0.5, 0.6) is 0 Å². The fourth-order valence-electron chi connectivity index (χ4n) is 2.39. The molecule has 1 nitrogen and oxygen atoms in total.